The molecule has 1 unspecified atom stereocenters. The predicted octanol–water partition coefficient (Wildman–Crippen LogP) is 2.01. The highest BCUT2D eigenvalue weighted by molar-refractivity contribution is 9.10. The molecule has 0 spiro atoms. The fourth-order valence-corrected chi connectivity index (χ4v) is 2.71. The minimum Gasteiger partial charge on any atom is -0.333 e. The molecule has 4 heteroatoms. The van der Waals surface area contributed by atoms with Crippen LogP contribution in [0.3, 0.4) is 0 Å². The van der Waals surface area contributed by atoms with Crippen molar-refractivity contribution in [3.8, 4) is 0 Å². The van der Waals surface area contributed by atoms with Gasteiger partial charge in [0.15, 0.2) is 0 Å². The van der Waals surface area contributed by atoms with Gasteiger partial charge in [0.1, 0.15) is 0 Å². The molecule has 0 saturated carbocycles. The summed E-state index contributed by atoms with van der Waals surface area (Å²) in [4.78, 5) is 13.5. The van der Waals surface area contributed by atoms with Gasteiger partial charge >= 0.3 is 0 Å². The number of amides is 1. The molecule has 0 aromatic carbocycles. The van der Waals surface area contributed by atoms with Crippen molar-refractivity contribution in [3.63, 3.8) is 0 Å². The summed E-state index contributed by atoms with van der Waals surface area (Å²) in [6.07, 6.45) is 2.99. The maximum atomic E-state index is 11.5. The van der Waals surface area contributed by atoms with Gasteiger partial charge in [-0.2, -0.15) is 0 Å². The number of piperidine rings is 1. The van der Waals surface area contributed by atoms with Gasteiger partial charge in [-0.1, -0.05) is 29.0 Å². The molecular formula is C8H15BrNOSi. The summed E-state index contributed by atoms with van der Waals surface area (Å²) in [5.41, 5.74) is 0. The Morgan fingerprint density at radius 2 is 2.17 bits per heavy atom. The molecule has 0 N–H and O–H groups in total. The van der Waals surface area contributed by atoms with E-state index in [1.165, 1.54) is 6.42 Å². The smallest absolute Gasteiger partial charge is 0.223 e. The predicted molar refractivity (Wildman–Crippen MR) is 55.8 cm³/mol. The third kappa shape index (κ3) is 2.33. The lowest BCUT2D eigenvalue weighted by Gasteiger charge is -2.32. The number of alkyl halides is 1. The number of hydrogen-bond donors (Lipinski definition) is 0. The van der Waals surface area contributed by atoms with Gasteiger partial charge in [-0.15, -0.1) is 0 Å². The van der Waals surface area contributed by atoms with E-state index in [0.717, 1.165) is 19.4 Å². The number of hydrogen-bond acceptors (Lipinski definition) is 1. The van der Waals surface area contributed by atoms with E-state index in [4.69, 9.17) is 0 Å². The van der Waals surface area contributed by atoms with Crippen LogP contribution < -0.4 is 0 Å². The molecule has 1 atom stereocenters. The average Bonchev–Trinajstić information content (AvgIpc) is 2.04. The summed E-state index contributed by atoms with van der Waals surface area (Å²) in [5.74, 6) is 0.328. The van der Waals surface area contributed by atoms with Crippen molar-refractivity contribution < 1.29 is 4.79 Å². The number of halogens is 1. The van der Waals surface area contributed by atoms with E-state index in [0.29, 0.717) is 10.5 Å². The highest BCUT2D eigenvalue weighted by atomic mass is 79.9. The Hall–Kier alpha value is 0.167. The second-order valence-electron chi connectivity index (χ2n) is 3.46. The van der Waals surface area contributed by atoms with E-state index in [1.807, 2.05) is 4.90 Å². The Morgan fingerprint density at radius 3 is 2.67 bits per heavy atom. The lowest BCUT2D eigenvalue weighted by Crippen LogP contribution is -2.45. The van der Waals surface area contributed by atoms with Gasteiger partial charge in [-0.3, -0.25) is 4.79 Å². The molecule has 1 aliphatic heterocycles. The molecule has 1 rings (SSSR count). The SMILES string of the molecule is C[Si](C)C(Br)N1CCCCC1=O. The molecule has 69 valence electrons. The molecule has 1 radical (unpaired) electrons. The van der Waals surface area contributed by atoms with Gasteiger partial charge in [0.25, 0.3) is 0 Å². The van der Waals surface area contributed by atoms with Crippen LogP contribution in [0, 0.1) is 0 Å². The Balaban J connectivity index is 2.53. The molecule has 12 heavy (non-hydrogen) atoms. The van der Waals surface area contributed by atoms with Crippen LogP contribution in [-0.4, -0.2) is 30.7 Å². The minimum atomic E-state index is -0.422. The molecule has 1 heterocycles. The summed E-state index contributed by atoms with van der Waals surface area (Å²) in [7, 11) is -0.422. The van der Waals surface area contributed by atoms with E-state index >= 15 is 0 Å². The van der Waals surface area contributed by atoms with Gasteiger partial charge in [0, 0.05) is 13.0 Å². The maximum Gasteiger partial charge on any atom is 0.223 e. The standard InChI is InChI=1S/C8H15BrNOSi/c1-12(2)8(9)10-6-4-3-5-7(10)11/h8H,3-6H2,1-2H3. The van der Waals surface area contributed by atoms with Crippen molar-refractivity contribution in [2.45, 2.75) is 36.9 Å². The van der Waals surface area contributed by atoms with E-state index in [1.54, 1.807) is 0 Å². The van der Waals surface area contributed by atoms with Crippen molar-refractivity contribution in [3.05, 3.63) is 0 Å². The molecular weight excluding hydrogens is 234 g/mol. The Morgan fingerprint density at radius 1 is 1.50 bits per heavy atom. The van der Waals surface area contributed by atoms with Crippen LogP contribution in [0.5, 0.6) is 0 Å². The van der Waals surface area contributed by atoms with Gasteiger partial charge in [0.05, 0.1) is 13.4 Å². The summed E-state index contributed by atoms with van der Waals surface area (Å²) < 4.78 is 0.329. The van der Waals surface area contributed by atoms with Gasteiger partial charge in [-0.05, 0) is 12.8 Å². The molecule has 1 saturated heterocycles. The quantitative estimate of drug-likeness (QED) is 0.416. The summed E-state index contributed by atoms with van der Waals surface area (Å²) >= 11 is 3.59. The second kappa shape index (κ2) is 4.42. The number of carbonyl (C=O) groups is 1. The lowest BCUT2D eigenvalue weighted by atomic mass is 10.1. The van der Waals surface area contributed by atoms with Crippen LogP contribution in [0.25, 0.3) is 0 Å². The van der Waals surface area contributed by atoms with Crippen LogP contribution in [0.15, 0.2) is 0 Å². The first-order valence-corrected chi connectivity index (χ1v) is 7.86. The van der Waals surface area contributed by atoms with E-state index in [9.17, 15) is 4.79 Å². The molecule has 0 aliphatic carbocycles. The van der Waals surface area contributed by atoms with Crippen molar-refractivity contribution in [1.82, 2.24) is 4.90 Å². The Kier molecular flexibility index (Phi) is 3.77. The third-order valence-electron chi connectivity index (χ3n) is 2.11. The number of likely N-dealkylation sites (tertiary alicyclic amines) is 1. The number of nitrogens with zero attached hydrogens (tertiary/aromatic N) is 1. The summed E-state index contributed by atoms with van der Waals surface area (Å²) in [6.45, 7) is 5.41. The number of rotatable bonds is 2. The fraction of sp³-hybridized carbons (Fsp3) is 0.875. The fourth-order valence-electron chi connectivity index (χ4n) is 1.38. The molecule has 0 aromatic heterocycles. The van der Waals surface area contributed by atoms with Crippen LogP contribution in [0.1, 0.15) is 19.3 Å². The molecule has 2 nitrogen and oxygen atoms in total. The largest absolute Gasteiger partial charge is 0.333 e. The molecule has 1 amide bonds. The lowest BCUT2D eigenvalue weighted by molar-refractivity contribution is -0.132. The third-order valence-corrected chi connectivity index (χ3v) is 6.62. The first-order chi connectivity index (χ1) is 5.63. The highest BCUT2D eigenvalue weighted by Gasteiger charge is 2.26. The summed E-state index contributed by atoms with van der Waals surface area (Å²) in [6, 6.07) is 0. The van der Waals surface area contributed by atoms with E-state index in [2.05, 4.69) is 29.0 Å². The minimum absolute atomic E-state index is 0.328. The van der Waals surface area contributed by atoms with Crippen LogP contribution in [0.2, 0.25) is 13.1 Å². The first kappa shape index (κ1) is 10.2. The van der Waals surface area contributed by atoms with Crippen molar-refractivity contribution in [2.24, 2.45) is 0 Å². The van der Waals surface area contributed by atoms with E-state index < -0.39 is 8.80 Å². The van der Waals surface area contributed by atoms with Crippen molar-refractivity contribution in [1.29, 1.82) is 0 Å². The van der Waals surface area contributed by atoms with Crippen LogP contribution in [0.4, 0.5) is 0 Å². The molecule has 1 aliphatic rings. The Bertz CT molecular complexity index is 174. The molecule has 0 aromatic rings. The Labute approximate surface area is 84.1 Å². The maximum absolute atomic E-state index is 11.5. The topological polar surface area (TPSA) is 20.3 Å². The zero-order valence-electron chi connectivity index (χ0n) is 7.64. The van der Waals surface area contributed by atoms with Crippen LogP contribution >= 0.6 is 15.9 Å². The zero-order valence-corrected chi connectivity index (χ0v) is 10.2. The summed E-state index contributed by atoms with van der Waals surface area (Å²) in [5, 5.41) is 0. The van der Waals surface area contributed by atoms with Crippen molar-refractivity contribution >= 4 is 30.6 Å². The van der Waals surface area contributed by atoms with Gasteiger partial charge < -0.3 is 4.90 Å². The molecule has 0 bridgehead atoms. The normalized spacial score (nSPS) is 21.7. The number of carbonyl (C=O) groups excluding carboxylic acids is 1. The van der Waals surface area contributed by atoms with Gasteiger partial charge in [-0.25, -0.2) is 0 Å². The second-order valence-corrected chi connectivity index (χ2v) is 7.87. The monoisotopic (exact) mass is 248 g/mol. The average molecular weight is 249 g/mol. The van der Waals surface area contributed by atoms with Crippen LogP contribution in [-0.2, 0) is 4.79 Å². The first-order valence-electron chi connectivity index (χ1n) is 4.36. The van der Waals surface area contributed by atoms with E-state index in [-0.39, 0.29) is 0 Å². The molecule has 1 fully saturated rings. The van der Waals surface area contributed by atoms with Gasteiger partial charge in [0.2, 0.25) is 5.91 Å². The van der Waals surface area contributed by atoms with Crippen molar-refractivity contribution in [2.75, 3.05) is 6.54 Å². The highest BCUT2D eigenvalue weighted by Crippen LogP contribution is 2.18. The zero-order chi connectivity index (χ0) is 9.14.